The Morgan fingerprint density at radius 1 is 1.09 bits per heavy atom. The van der Waals surface area contributed by atoms with E-state index in [9.17, 15) is 13.9 Å². The van der Waals surface area contributed by atoms with Gasteiger partial charge in [-0.2, -0.15) is 5.10 Å². The van der Waals surface area contributed by atoms with Gasteiger partial charge in [-0.05, 0) is 29.8 Å². The lowest BCUT2D eigenvalue weighted by Crippen LogP contribution is -2.33. The Balaban J connectivity index is 2.14. The summed E-state index contributed by atoms with van der Waals surface area (Å²) in [5.41, 5.74) is -0.919. The van der Waals surface area contributed by atoms with Crippen molar-refractivity contribution in [3.63, 3.8) is 0 Å². The molecule has 0 aliphatic carbocycles. The molecule has 4 nitrogen and oxygen atoms in total. The van der Waals surface area contributed by atoms with Crippen molar-refractivity contribution in [2.24, 2.45) is 0 Å². The summed E-state index contributed by atoms with van der Waals surface area (Å²) in [5, 5.41) is 15.3. The van der Waals surface area contributed by atoms with Gasteiger partial charge in [0, 0.05) is 10.6 Å². The van der Waals surface area contributed by atoms with E-state index >= 15 is 0 Å². The second-order valence-electron chi connectivity index (χ2n) is 5.08. The van der Waals surface area contributed by atoms with Crippen LogP contribution in [-0.4, -0.2) is 19.9 Å². The first-order chi connectivity index (χ1) is 11.0. The molecular formula is C16H12ClF2N3O. The highest BCUT2D eigenvalue weighted by Crippen LogP contribution is 2.36. The second-order valence-corrected chi connectivity index (χ2v) is 5.49. The Morgan fingerprint density at radius 3 is 2.39 bits per heavy atom. The molecule has 1 heterocycles. The third kappa shape index (κ3) is 3.09. The number of halogens is 3. The number of benzene rings is 2. The predicted octanol–water partition coefficient (Wildman–Crippen LogP) is 3.15. The van der Waals surface area contributed by atoms with E-state index in [0.717, 1.165) is 6.07 Å². The molecule has 1 aromatic heterocycles. The number of nitrogens with zero attached hydrogens (tertiary/aromatic N) is 3. The van der Waals surface area contributed by atoms with E-state index in [1.807, 2.05) is 0 Å². The van der Waals surface area contributed by atoms with E-state index in [0.29, 0.717) is 11.1 Å². The fraction of sp³-hybridized carbons (Fsp3) is 0.125. The van der Waals surface area contributed by atoms with Crippen LogP contribution >= 0.6 is 11.6 Å². The zero-order valence-electron chi connectivity index (χ0n) is 11.8. The molecule has 0 fully saturated rings. The molecule has 3 rings (SSSR count). The fourth-order valence-electron chi connectivity index (χ4n) is 2.43. The van der Waals surface area contributed by atoms with E-state index < -0.39 is 17.2 Å². The van der Waals surface area contributed by atoms with Gasteiger partial charge < -0.3 is 5.11 Å². The molecule has 0 saturated heterocycles. The number of hydrogen-bond acceptors (Lipinski definition) is 3. The first-order valence-corrected chi connectivity index (χ1v) is 7.13. The average Bonchev–Trinajstić information content (AvgIpc) is 3.00. The third-order valence-corrected chi connectivity index (χ3v) is 3.87. The van der Waals surface area contributed by atoms with E-state index in [-0.39, 0.29) is 11.6 Å². The molecule has 1 atom stereocenters. The van der Waals surface area contributed by atoms with Gasteiger partial charge in [-0.15, -0.1) is 0 Å². The van der Waals surface area contributed by atoms with Crippen LogP contribution in [0, 0.1) is 11.6 Å². The van der Waals surface area contributed by atoms with Crippen molar-refractivity contribution < 1.29 is 13.9 Å². The SMILES string of the molecule is OC(Cn1cncn1)(c1ccc(F)cc1)c1ccc(F)cc1Cl. The summed E-state index contributed by atoms with van der Waals surface area (Å²) in [5.74, 6) is -0.942. The van der Waals surface area contributed by atoms with Gasteiger partial charge >= 0.3 is 0 Å². The van der Waals surface area contributed by atoms with Crippen LogP contribution < -0.4 is 0 Å². The van der Waals surface area contributed by atoms with Gasteiger partial charge in [-0.1, -0.05) is 29.8 Å². The van der Waals surface area contributed by atoms with Gasteiger partial charge in [0.15, 0.2) is 0 Å². The molecule has 0 spiro atoms. The highest BCUT2D eigenvalue weighted by molar-refractivity contribution is 6.31. The lowest BCUT2D eigenvalue weighted by molar-refractivity contribution is 0.0572. The minimum atomic E-state index is -1.62. The lowest BCUT2D eigenvalue weighted by atomic mass is 9.86. The maximum absolute atomic E-state index is 13.3. The van der Waals surface area contributed by atoms with Crippen molar-refractivity contribution in [3.05, 3.63) is 82.9 Å². The van der Waals surface area contributed by atoms with E-state index in [2.05, 4.69) is 10.1 Å². The topological polar surface area (TPSA) is 50.9 Å². The van der Waals surface area contributed by atoms with Crippen molar-refractivity contribution in [1.82, 2.24) is 14.8 Å². The van der Waals surface area contributed by atoms with Gasteiger partial charge in [0.25, 0.3) is 0 Å². The standard InChI is InChI=1S/C16H12ClF2N3O/c17-15-7-13(19)5-6-14(15)16(23,8-22-10-20-9-21-22)11-1-3-12(18)4-2-11/h1-7,9-10,23H,8H2. The summed E-state index contributed by atoms with van der Waals surface area (Å²) in [4.78, 5) is 3.83. The quantitative estimate of drug-likeness (QED) is 0.797. The molecule has 0 aliphatic rings. The molecule has 0 saturated carbocycles. The van der Waals surface area contributed by atoms with E-state index in [1.165, 1.54) is 53.7 Å². The van der Waals surface area contributed by atoms with Crippen molar-refractivity contribution in [1.29, 1.82) is 0 Å². The minimum absolute atomic E-state index is 0.00994. The molecule has 0 radical (unpaired) electrons. The summed E-state index contributed by atoms with van der Waals surface area (Å²) in [6, 6.07) is 9.09. The zero-order chi connectivity index (χ0) is 16.4. The normalized spacial score (nSPS) is 13.7. The summed E-state index contributed by atoms with van der Waals surface area (Å²) < 4.78 is 27.9. The monoisotopic (exact) mass is 335 g/mol. The molecule has 0 amide bonds. The van der Waals surface area contributed by atoms with Crippen LogP contribution in [0.15, 0.2) is 55.1 Å². The first kappa shape index (κ1) is 15.6. The molecule has 7 heteroatoms. The van der Waals surface area contributed by atoms with Crippen LogP contribution in [0.1, 0.15) is 11.1 Å². The number of hydrogen-bond donors (Lipinski definition) is 1. The van der Waals surface area contributed by atoms with Crippen molar-refractivity contribution in [2.75, 3.05) is 0 Å². The van der Waals surface area contributed by atoms with Gasteiger partial charge in [-0.3, -0.25) is 0 Å². The molecule has 0 aliphatic heterocycles. The van der Waals surface area contributed by atoms with Gasteiger partial charge in [0.05, 0.1) is 6.54 Å². The van der Waals surface area contributed by atoms with Crippen LogP contribution in [0.2, 0.25) is 5.02 Å². The van der Waals surface area contributed by atoms with Gasteiger partial charge in [0.1, 0.15) is 29.9 Å². The maximum atomic E-state index is 13.3. The van der Waals surface area contributed by atoms with Crippen LogP contribution in [0.5, 0.6) is 0 Å². The summed E-state index contributed by atoms with van der Waals surface area (Å²) in [7, 11) is 0. The predicted molar refractivity (Wildman–Crippen MR) is 80.8 cm³/mol. The van der Waals surface area contributed by atoms with E-state index in [4.69, 9.17) is 11.6 Å². The summed E-state index contributed by atoms with van der Waals surface area (Å²) in [6.07, 6.45) is 2.77. The van der Waals surface area contributed by atoms with Crippen LogP contribution in [0.25, 0.3) is 0 Å². The molecular weight excluding hydrogens is 324 g/mol. The molecule has 1 N–H and O–H groups in total. The lowest BCUT2D eigenvalue weighted by Gasteiger charge is -2.30. The van der Waals surface area contributed by atoms with Gasteiger partial charge in [0.2, 0.25) is 0 Å². The number of rotatable bonds is 4. The molecule has 23 heavy (non-hydrogen) atoms. The largest absolute Gasteiger partial charge is 0.378 e. The van der Waals surface area contributed by atoms with Gasteiger partial charge in [-0.25, -0.2) is 18.4 Å². The van der Waals surface area contributed by atoms with Crippen LogP contribution in [-0.2, 0) is 12.1 Å². The molecule has 118 valence electrons. The summed E-state index contributed by atoms with van der Waals surface area (Å²) in [6.45, 7) is -0.00994. The first-order valence-electron chi connectivity index (χ1n) is 6.75. The molecule has 0 bridgehead atoms. The maximum Gasteiger partial charge on any atom is 0.137 e. The van der Waals surface area contributed by atoms with Crippen molar-refractivity contribution >= 4 is 11.6 Å². The third-order valence-electron chi connectivity index (χ3n) is 3.56. The van der Waals surface area contributed by atoms with Crippen LogP contribution in [0.3, 0.4) is 0 Å². The Kier molecular flexibility index (Phi) is 4.11. The molecule has 2 aromatic carbocycles. The number of aliphatic hydroxyl groups is 1. The zero-order valence-corrected chi connectivity index (χ0v) is 12.6. The van der Waals surface area contributed by atoms with Crippen molar-refractivity contribution in [3.8, 4) is 0 Å². The Morgan fingerprint density at radius 2 is 1.78 bits per heavy atom. The second kappa shape index (κ2) is 6.06. The average molecular weight is 336 g/mol. The van der Waals surface area contributed by atoms with Crippen LogP contribution in [0.4, 0.5) is 8.78 Å². The fourth-order valence-corrected chi connectivity index (χ4v) is 2.75. The minimum Gasteiger partial charge on any atom is -0.378 e. The highest BCUT2D eigenvalue weighted by atomic mass is 35.5. The summed E-state index contributed by atoms with van der Waals surface area (Å²) >= 11 is 6.12. The molecule has 1 unspecified atom stereocenters. The Hall–Kier alpha value is -2.31. The Bertz CT molecular complexity index is 809. The van der Waals surface area contributed by atoms with E-state index in [1.54, 1.807) is 0 Å². The highest BCUT2D eigenvalue weighted by Gasteiger charge is 2.34. The van der Waals surface area contributed by atoms with Crippen molar-refractivity contribution in [2.45, 2.75) is 12.1 Å². The molecule has 3 aromatic rings. The Labute approximate surface area is 136 Å². The smallest absolute Gasteiger partial charge is 0.137 e. The number of aromatic nitrogens is 3.